The highest BCUT2D eigenvalue weighted by Crippen LogP contribution is 2.31. The Hall–Kier alpha value is -2.82. The van der Waals surface area contributed by atoms with E-state index in [1.807, 2.05) is 62.4 Å². The number of ether oxygens (including phenoxy) is 1. The molecule has 0 bridgehead atoms. The first-order chi connectivity index (χ1) is 12.9. The van der Waals surface area contributed by atoms with E-state index in [0.29, 0.717) is 13.0 Å². The summed E-state index contributed by atoms with van der Waals surface area (Å²) in [6, 6.07) is 15.3. The smallest absolute Gasteiger partial charge is 0.410 e. The van der Waals surface area contributed by atoms with Gasteiger partial charge in [0.15, 0.2) is 0 Å². The number of hydrogen-bond acceptors (Lipinski definition) is 3. The van der Waals surface area contributed by atoms with Crippen LogP contribution < -0.4 is 5.32 Å². The molecule has 5 nitrogen and oxygen atoms in total. The molecule has 0 aliphatic carbocycles. The van der Waals surface area contributed by atoms with Crippen molar-refractivity contribution < 1.29 is 14.3 Å². The molecule has 2 aromatic carbocycles. The SMILES string of the molecule is Cc1ccc(NC(=O)C2(C)CCCN2C(=O)OCc2ccccc2)cc1C. The average molecular weight is 366 g/mol. The summed E-state index contributed by atoms with van der Waals surface area (Å²) in [5.74, 6) is -0.181. The van der Waals surface area contributed by atoms with E-state index in [4.69, 9.17) is 4.74 Å². The second-order valence-electron chi connectivity index (χ2n) is 7.32. The Balaban J connectivity index is 1.67. The summed E-state index contributed by atoms with van der Waals surface area (Å²) in [7, 11) is 0. The molecule has 142 valence electrons. The van der Waals surface area contributed by atoms with Crippen molar-refractivity contribution in [1.29, 1.82) is 0 Å². The van der Waals surface area contributed by atoms with Crippen molar-refractivity contribution in [3.8, 4) is 0 Å². The Morgan fingerprint density at radius 2 is 1.85 bits per heavy atom. The van der Waals surface area contributed by atoms with Crippen LogP contribution in [0.3, 0.4) is 0 Å². The van der Waals surface area contributed by atoms with Gasteiger partial charge in [0.1, 0.15) is 12.1 Å². The minimum atomic E-state index is -0.910. The fourth-order valence-corrected chi connectivity index (χ4v) is 3.37. The lowest BCUT2D eigenvalue weighted by Crippen LogP contribution is -2.53. The van der Waals surface area contributed by atoms with Gasteiger partial charge < -0.3 is 10.1 Å². The molecule has 2 amide bonds. The Kier molecular flexibility index (Phi) is 5.49. The van der Waals surface area contributed by atoms with Crippen molar-refractivity contribution >= 4 is 17.7 Å². The van der Waals surface area contributed by atoms with Gasteiger partial charge in [-0.05, 0) is 62.4 Å². The van der Waals surface area contributed by atoms with Crippen molar-refractivity contribution in [2.24, 2.45) is 0 Å². The summed E-state index contributed by atoms with van der Waals surface area (Å²) < 4.78 is 5.45. The third-order valence-electron chi connectivity index (χ3n) is 5.32. The van der Waals surface area contributed by atoms with Gasteiger partial charge in [-0.2, -0.15) is 0 Å². The molecule has 1 aliphatic heterocycles. The monoisotopic (exact) mass is 366 g/mol. The Labute approximate surface area is 160 Å². The van der Waals surface area contributed by atoms with E-state index in [9.17, 15) is 9.59 Å². The van der Waals surface area contributed by atoms with Gasteiger partial charge in [0.2, 0.25) is 5.91 Å². The van der Waals surface area contributed by atoms with Crippen LogP contribution in [0.5, 0.6) is 0 Å². The van der Waals surface area contributed by atoms with Crippen molar-refractivity contribution in [2.45, 2.75) is 45.8 Å². The third kappa shape index (κ3) is 4.13. The number of rotatable bonds is 4. The van der Waals surface area contributed by atoms with Crippen LogP contribution in [-0.4, -0.2) is 29.0 Å². The van der Waals surface area contributed by atoms with Crippen LogP contribution in [0.15, 0.2) is 48.5 Å². The van der Waals surface area contributed by atoms with Gasteiger partial charge in [-0.1, -0.05) is 36.4 Å². The highest BCUT2D eigenvalue weighted by Gasteiger charge is 2.46. The second kappa shape index (κ2) is 7.82. The minimum absolute atomic E-state index is 0.181. The van der Waals surface area contributed by atoms with Gasteiger partial charge in [-0.25, -0.2) is 4.79 Å². The van der Waals surface area contributed by atoms with Crippen molar-refractivity contribution in [3.05, 3.63) is 65.2 Å². The van der Waals surface area contributed by atoms with Gasteiger partial charge >= 0.3 is 6.09 Å². The molecule has 0 radical (unpaired) electrons. The van der Waals surface area contributed by atoms with Crippen LogP contribution in [0.2, 0.25) is 0 Å². The number of benzene rings is 2. The summed E-state index contributed by atoms with van der Waals surface area (Å²) in [6.07, 6.45) is 0.940. The Morgan fingerprint density at radius 3 is 2.56 bits per heavy atom. The molecule has 27 heavy (non-hydrogen) atoms. The fraction of sp³-hybridized carbons (Fsp3) is 0.364. The van der Waals surface area contributed by atoms with Crippen LogP contribution in [0.1, 0.15) is 36.5 Å². The van der Waals surface area contributed by atoms with Crippen molar-refractivity contribution in [1.82, 2.24) is 4.90 Å². The molecular weight excluding hydrogens is 340 g/mol. The Bertz CT molecular complexity index is 835. The fourth-order valence-electron chi connectivity index (χ4n) is 3.37. The largest absolute Gasteiger partial charge is 0.445 e. The standard InChI is InChI=1S/C22H26N2O3/c1-16-10-11-19(14-17(16)2)23-20(25)22(3)12-7-13-24(22)21(26)27-15-18-8-5-4-6-9-18/h4-6,8-11,14H,7,12-13,15H2,1-3H3,(H,23,25). The summed E-state index contributed by atoms with van der Waals surface area (Å²) in [4.78, 5) is 27.1. The minimum Gasteiger partial charge on any atom is -0.445 e. The molecule has 1 saturated heterocycles. The molecule has 1 aliphatic rings. The van der Waals surface area contributed by atoms with E-state index in [0.717, 1.165) is 23.2 Å². The molecule has 0 aromatic heterocycles. The molecular formula is C22H26N2O3. The number of carbonyl (C=O) groups excluding carboxylic acids is 2. The number of hydrogen-bond donors (Lipinski definition) is 1. The zero-order chi connectivity index (χ0) is 19.4. The van der Waals surface area contributed by atoms with Gasteiger partial charge in [0.25, 0.3) is 0 Å². The first kappa shape index (κ1) is 19.0. The average Bonchev–Trinajstić information content (AvgIpc) is 3.07. The summed E-state index contributed by atoms with van der Waals surface area (Å²) in [5, 5.41) is 2.96. The van der Waals surface area contributed by atoms with Gasteiger partial charge in [0.05, 0.1) is 0 Å². The summed E-state index contributed by atoms with van der Waals surface area (Å²) in [5.41, 5.74) is 3.04. The van der Waals surface area contributed by atoms with E-state index >= 15 is 0 Å². The molecule has 2 aromatic rings. The summed E-state index contributed by atoms with van der Waals surface area (Å²) in [6.45, 7) is 6.56. The van der Waals surface area contributed by atoms with Crippen LogP contribution in [-0.2, 0) is 16.1 Å². The molecule has 1 unspecified atom stereocenters. The predicted molar refractivity (Wildman–Crippen MR) is 106 cm³/mol. The third-order valence-corrected chi connectivity index (χ3v) is 5.32. The number of aryl methyl sites for hydroxylation is 2. The quantitative estimate of drug-likeness (QED) is 0.871. The maximum Gasteiger partial charge on any atom is 0.410 e. The van der Waals surface area contributed by atoms with Gasteiger partial charge in [0, 0.05) is 12.2 Å². The molecule has 0 saturated carbocycles. The first-order valence-corrected chi connectivity index (χ1v) is 9.27. The highest BCUT2D eigenvalue weighted by molar-refractivity contribution is 6.00. The molecule has 1 atom stereocenters. The zero-order valence-electron chi connectivity index (χ0n) is 16.1. The van der Waals surface area contributed by atoms with E-state index in [1.165, 1.54) is 5.56 Å². The van der Waals surface area contributed by atoms with E-state index in [-0.39, 0.29) is 12.5 Å². The van der Waals surface area contributed by atoms with Crippen LogP contribution in [0, 0.1) is 13.8 Å². The topological polar surface area (TPSA) is 58.6 Å². The summed E-state index contributed by atoms with van der Waals surface area (Å²) >= 11 is 0. The number of anilines is 1. The number of likely N-dealkylation sites (tertiary alicyclic amines) is 1. The highest BCUT2D eigenvalue weighted by atomic mass is 16.6. The van der Waals surface area contributed by atoms with E-state index in [1.54, 1.807) is 11.8 Å². The maximum atomic E-state index is 13.0. The first-order valence-electron chi connectivity index (χ1n) is 9.27. The normalized spacial score (nSPS) is 19.0. The van der Waals surface area contributed by atoms with Crippen LogP contribution in [0.25, 0.3) is 0 Å². The molecule has 0 spiro atoms. The number of nitrogens with one attached hydrogen (secondary N) is 1. The van der Waals surface area contributed by atoms with E-state index in [2.05, 4.69) is 5.32 Å². The zero-order valence-corrected chi connectivity index (χ0v) is 16.1. The number of nitrogens with zero attached hydrogens (tertiary/aromatic N) is 1. The van der Waals surface area contributed by atoms with Crippen molar-refractivity contribution in [3.63, 3.8) is 0 Å². The molecule has 3 rings (SSSR count). The molecule has 1 fully saturated rings. The lowest BCUT2D eigenvalue weighted by Gasteiger charge is -2.33. The second-order valence-corrected chi connectivity index (χ2v) is 7.32. The van der Waals surface area contributed by atoms with Crippen molar-refractivity contribution in [2.75, 3.05) is 11.9 Å². The predicted octanol–water partition coefficient (Wildman–Crippen LogP) is 4.43. The molecule has 1 heterocycles. The van der Waals surface area contributed by atoms with Crippen LogP contribution >= 0.6 is 0 Å². The lowest BCUT2D eigenvalue weighted by molar-refractivity contribution is -0.125. The lowest BCUT2D eigenvalue weighted by atomic mass is 9.97. The van der Waals surface area contributed by atoms with E-state index < -0.39 is 11.6 Å². The number of amides is 2. The Morgan fingerprint density at radius 1 is 1.11 bits per heavy atom. The van der Waals surface area contributed by atoms with Gasteiger partial charge in [-0.15, -0.1) is 0 Å². The maximum absolute atomic E-state index is 13.0. The molecule has 5 heteroatoms. The molecule has 1 N–H and O–H groups in total. The van der Waals surface area contributed by atoms with Gasteiger partial charge in [-0.3, -0.25) is 9.69 Å². The number of carbonyl (C=O) groups is 2. The van der Waals surface area contributed by atoms with Crippen LogP contribution in [0.4, 0.5) is 10.5 Å².